The third-order valence-electron chi connectivity index (χ3n) is 3.22. The summed E-state index contributed by atoms with van der Waals surface area (Å²) in [4.78, 5) is 11.4. The molecule has 0 spiro atoms. The van der Waals surface area contributed by atoms with Gasteiger partial charge in [-0.25, -0.2) is 0 Å². The standard InChI is InChI=1S/C13H26N2O/c1-4-6-13(7-8-13)10-14-9-5-12(16)15-11(2)3/h11,14H,4-10H2,1-3H3,(H,15,16). The normalized spacial score (nSPS) is 17.5. The molecule has 1 aliphatic rings. The molecule has 0 heterocycles. The highest BCUT2D eigenvalue weighted by molar-refractivity contribution is 5.76. The summed E-state index contributed by atoms with van der Waals surface area (Å²) in [6, 6.07) is 0.252. The SMILES string of the molecule is CCCC1(CNCCC(=O)NC(C)C)CC1. The van der Waals surface area contributed by atoms with E-state index in [0.29, 0.717) is 11.8 Å². The molecule has 3 heteroatoms. The zero-order chi connectivity index (χ0) is 12.0. The third kappa shape index (κ3) is 4.97. The Morgan fingerprint density at radius 1 is 1.38 bits per heavy atom. The molecule has 94 valence electrons. The zero-order valence-corrected chi connectivity index (χ0v) is 10.9. The monoisotopic (exact) mass is 226 g/mol. The van der Waals surface area contributed by atoms with Crippen LogP contribution < -0.4 is 10.6 Å². The van der Waals surface area contributed by atoms with Gasteiger partial charge in [0.15, 0.2) is 0 Å². The summed E-state index contributed by atoms with van der Waals surface area (Å²) in [5.41, 5.74) is 0.587. The van der Waals surface area contributed by atoms with Gasteiger partial charge in [-0.1, -0.05) is 13.3 Å². The first-order valence-corrected chi connectivity index (χ1v) is 6.58. The molecular formula is C13H26N2O. The van der Waals surface area contributed by atoms with Gasteiger partial charge in [-0.3, -0.25) is 4.79 Å². The lowest BCUT2D eigenvalue weighted by atomic mass is 10.0. The van der Waals surface area contributed by atoms with E-state index in [1.165, 1.54) is 25.7 Å². The van der Waals surface area contributed by atoms with Crippen molar-refractivity contribution in [3.05, 3.63) is 0 Å². The highest BCUT2D eigenvalue weighted by atomic mass is 16.1. The molecule has 1 amide bonds. The molecular weight excluding hydrogens is 200 g/mol. The van der Waals surface area contributed by atoms with Gasteiger partial charge in [0.1, 0.15) is 0 Å². The van der Waals surface area contributed by atoms with E-state index in [0.717, 1.165) is 13.1 Å². The van der Waals surface area contributed by atoms with Gasteiger partial charge in [0, 0.05) is 25.6 Å². The van der Waals surface area contributed by atoms with E-state index < -0.39 is 0 Å². The molecule has 2 N–H and O–H groups in total. The summed E-state index contributed by atoms with van der Waals surface area (Å²) >= 11 is 0. The molecule has 0 atom stereocenters. The predicted octanol–water partition coefficient (Wildman–Crippen LogP) is 2.07. The summed E-state index contributed by atoms with van der Waals surface area (Å²) in [5.74, 6) is 0.155. The van der Waals surface area contributed by atoms with Crippen molar-refractivity contribution < 1.29 is 4.79 Å². The Bertz CT molecular complexity index is 222. The summed E-state index contributed by atoms with van der Waals surface area (Å²) in [6.45, 7) is 8.13. The number of carbonyl (C=O) groups excluding carboxylic acids is 1. The second kappa shape index (κ2) is 6.24. The molecule has 0 radical (unpaired) electrons. The summed E-state index contributed by atoms with van der Waals surface area (Å²) < 4.78 is 0. The summed E-state index contributed by atoms with van der Waals surface area (Å²) in [5, 5.41) is 6.32. The van der Waals surface area contributed by atoms with Gasteiger partial charge in [0.25, 0.3) is 0 Å². The van der Waals surface area contributed by atoms with Gasteiger partial charge in [-0.15, -0.1) is 0 Å². The fourth-order valence-electron chi connectivity index (χ4n) is 2.17. The van der Waals surface area contributed by atoms with Crippen molar-refractivity contribution in [1.29, 1.82) is 0 Å². The maximum absolute atomic E-state index is 11.4. The summed E-state index contributed by atoms with van der Waals surface area (Å²) in [7, 11) is 0. The first-order chi connectivity index (χ1) is 7.58. The molecule has 0 saturated heterocycles. The zero-order valence-electron chi connectivity index (χ0n) is 10.9. The Hall–Kier alpha value is -0.570. The number of hydrogen-bond acceptors (Lipinski definition) is 2. The number of hydrogen-bond donors (Lipinski definition) is 2. The maximum atomic E-state index is 11.4. The minimum absolute atomic E-state index is 0.155. The van der Waals surface area contributed by atoms with Gasteiger partial charge in [0.2, 0.25) is 5.91 Å². The van der Waals surface area contributed by atoms with Crippen LogP contribution in [0.15, 0.2) is 0 Å². The second-order valence-corrected chi connectivity index (χ2v) is 5.40. The number of nitrogens with one attached hydrogen (secondary N) is 2. The van der Waals surface area contributed by atoms with Crippen LogP contribution in [0.3, 0.4) is 0 Å². The largest absolute Gasteiger partial charge is 0.354 e. The molecule has 0 aromatic carbocycles. The smallest absolute Gasteiger partial charge is 0.221 e. The van der Waals surface area contributed by atoms with E-state index in [-0.39, 0.29) is 11.9 Å². The quantitative estimate of drug-likeness (QED) is 0.622. The Morgan fingerprint density at radius 3 is 2.56 bits per heavy atom. The van der Waals surface area contributed by atoms with Crippen LogP contribution >= 0.6 is 0 Å². The van der Waals surface area contributed by atoms with Gasteiger partial charge in [-0.05, 0) is 38.5 Å². The lowest BCUT2D eigenvalue weighted by Crippen LogP contribution is -2.33. The van der Waals surface area contributed by atoms with Gasteiger partial charge in [-0.2, -0.15) is 0 Å². The van der Waals surface area contributed by atoms with Crippen molar-refractivity contribution in [2.24, 2.45) is 5.41 Å². The van der Waals surface area contributed by atoms with Gasteiger partial charge in [0.05, 0.1) is 0 Å². The molecule has 0 unspecified atom stereocenters. The van der Waals surface area contributed by atoms with Gasteiger partial charge < -0.3 is 10.6 Å². The minimum Gasteiger partial charge on any atom is -0.354 e. The van der Waals surface area contributed by atoms with E-state index in [4.69, 9.17) is 0 Å². The molecule has 1 rings (SSSR count). The van der Waals surface area contributed by atoms with Crippen molar-refractivity contribution in [1.82, 2.24) is 10.6 Å². The summed E-state index contributed by atoms with van der Waals surface area (Å²) in [6.07, 6.45) is 5.94. The van der Waals surface area contributed by atoms with Gasteiger partial charge >= 0.3 is 0 Å². The molecule has 0 aromatic rings. The third-order valence-corrected chi connectivity index (χ3v) is 3.22. The number of rotatable bonds is 8. The average molecular weight is 226 g/mol. The van der Waals surface area contributed by atoms with Crippen LogP contribution in [-0.4, -0.2) is 25.0 Å². The molecule has 1 aliphatic carbocycles. The minimum atomic E-state index is 0.155. The second-order valence-electron chi connectivity index (χ2n) is 5.40. The van der Waals surface area contributed by atoms with E-state index >= 15 is 0 Å². The van der Waals surface area contributed by atoms with Crippen molar-refractivity contribution in [2.75, 3.05) is 13.1 Å². The van der Waals surface area contributed by atoms with E-state index in [2.05, 4.69) is 17.6 Å². The highest BCUT2D eigenvalue weighted by Gasteiger charge is 2.40. The molecule has 3 nitrogen and oxygen atoms in total. The van der Waals surface area contributed by atoms with Crippen LogP contribution in [-0.2, 0) is 4.79 Å². The number of amides is 1. The van der Waals surface area contributed by atoms with Crippen molar-refractivity contribution in [2.45, 2.75) is 58.9 Å². The Labute approximate surface area is 99.4 Å². The molecule has 1 saturated carbocycles. The number of carbonyl (C=O) groups is 1. The first kappa shape index (κ1) is 13.5. The van der Waals surface area contributed by atoms with Crippen LogP contribution in [0.2, 0.25) is 0 Å². The van der Waals surface area contributed by atoms with Crippen molar-refractivity contribution >= 4 is 5.91 Å². The Morgan fingerprint density at radius 2 is 2.06 bits per heavy atom. The van der Waals surface area contributed by atoms with Crippen LogP contribution in [0.1, 0.15) is 52.9 Å². The fourth-order valence-corrected chi connectivity index (χ4v) is 2.17. The van der Waals surface area contributed by atoms with Crippen molar-refractivity contribution in [3.63, 3.8) is 0 Å². The maximum Gasteiger partial charge on any atom is 0.221 e. The molecule has 16 heavy (non-hydrogen) atoms. The molecule has 0 bridgehead atoms. The first-order valence-electron chi connectivity index (χ1n) is 6.58. The molecule has 0 aliphatic heterocycles. The lowest BCUT2D eigenvalue weighted by Gasteiger charge is -2.15. The van der Waals surface area contributed by atoms with Crippen LogP contribution in [0.5, 0.6) is 0 Å². The van der Waals surface area contributed by atoms with E-state index in [1.54, 1.807) is 0 Å². The average Bonchev–Trinajstić information content (AvgIpc) is 2.93. The van der Waals surface area contributed by atoms with Crippen LogP contribution in [0.4, 0.5) is 0 Å². The molecule has 1 fully saturated rings. The topological polar surface area (TPSA) is 41.1 Å². The fraction of sp³-hybridized carbons (Fsp3) is 0.923. The van der Waals surface area contributed by atoms with Crippen LogP contribution in [0, 0.1) is 5.41 Å². The Kier molecular flexibility index (Phi) is 5.26. The van der Waals surface area contributed by atoms with Crippen LogP contribution in [0.25, 0.3) is 0 Å². The van der Waals surface area contributed by atoms with E-state index in [1.807, 2.05) is 13.8 Å². The Balaban J connectivity index is 2.01. The molecule has 0 aromatic heterocycles. The lowest BCUT2D eigenvalue weighted by molar-refractivity contribution is -0.121. The van der Waals surface area contributed by atoms with Crippen molar-refractivity contribution in [3.8, 4) is 0 Å². The highest BCUT2D eigenvalue weighted by Crippen LogP contribution is 2.48. The predicted molar refractivity (Wildman–Crippen MR) is 67.3 cm³/mol. The van der Waals surface area contributed by atoms with E-state index in [9.17, 15) is 4.79 Å².